The van der Waals surface area contributed by atoms with Crippen molar-refractivity contribution in [3.8, 4) is 5.75 Å². The van der Waals surface area contributed by atoms with Gasteiger partial charge in [-0.3, -0.25) is 14.4 Å². The average molecular weight is 594 g/mol. The first kappa shape index (κ1) is 34.1. The molecule has 0 aromatic heterocycles. The largest absolute Gasteiger partial charge is 0.489 e. The summed E-state index contributed by atoms with van der Waals surface area (Å²) in [7, 11) is 0. The van der Waals surface area contributed by atoms with E-state index < -0.39 is 24.1 Å². The molecule has 2 aromatic rings. The fourth-order valence-electron chi connectivity index (χ4n) is 5.35. The fourth-order valence-corrected chi connectivity index (χ4v) is 5.35. The molecule has 0 saturated carbocycles. The molecule has 1 heterocycles. The highest BCUT2D eigenvalue weighted by Gasteiger charge is 2.28. The molecule has 0 unspecified atom stereocenters. The lowest BCUT2D eigenvalue weighted by molar-refractivity contribution is -0.131. The van der Waals surface area contributed by atoms with Crippen molar-refractivity contribution in [2.24, 2.45) is 5.92 Å². The Morgan fingerprint density at radius 2 is 1.40 bits per heavy atom. The van der Waals surface area contributed by atoms with E-state index in [1.165, 1.54) is 12.8 Å². The van der Waals surface area contributed by atoms with Crippen LogP contribution in [-0.2, 0) is 27.4 Å². The van der Waals surface area contributed by atoms with Crippen molar-refractivity contribution >= 4 is 17.7 Å². The Labute approximate surface area is 257 Å². The molecule has 0 aliphatic carbocycles. The quantitative estimate of drug-likeness (QED) is 0.367. The molecule has 1 aliphatic heterocycles. The molecule has 3 amide bonds. The minimum Gasteiger partial charge on any atom is -0.489 e. The average Bonchev–Trinajstić information content (AvgIpc) is 2.99. The summed E-state index contributed by atoms with van der Waals surface area (Å²) in [5.41, 5.74) is 1.98. The van der Waals surface area contributed by atoms with Gasteiger partial charge in [-0.25, -0.2) is 0 Å². The molecule has 3 rings (SSSR count). The summed E-state index contributed by atoms with van der Waals surface area (Å²) in [4.78, 5) is 38.7. The number of carbonyl (C=O) groups is 3. The van der Waals surface area contributed by atoms with Crippen molar-refractivity contribution < 1.29 is 24.2 Å². The Hall–Kier alpha value is -3.39. The lowest BCUT2D eigenvalue weighted by Crippen LogP contribution is -2.52. The van der Waals surface area contributed by atoms with E-state index in [4.69, 9.17) is 4.74 Å². The Morgan fingerprint density at radius 3 is 2.05 bits per heavy atom. The first-order valence-electron chi connectivity index (χ1n) is 16.1. The SMILES string of the molecule is CC(C)[C@@H]1NC(=O)C[C@H](O)[C@H](Cc2ccc(OCc3ccccc3)cc2)NC(=O)CCCCCCCCCCCNC1=O. The van der Waals surface area contributed by atoms with Crippen LogP contribution in [0.2, 0.25) is 0 Å². The first-order valence-corrected chi connectivity index (χ1v) is 16.1. The molecule has 1 fully saturated rings. The van der Waals surface area contributed by atoms with Crippen molar-refractivity contribution in [2.45, 2.75) is 116 Å². The van der Waals surface area contributed by atoms with Crippen molar-refractivity contribution in [1.29, 1.82) is 0 Å². The maximum Gasteiger partial charge on any atom is 0.242 e. The predicted molar refractivity (Wildman–Crippen MR) is 169 cm³/mol. The number of amides is 3. The predicted octanol–water partition coefficient (Wildman–Crippen LogP) is 5.22. The first-order chi connectivity index (χ1) is 20.8. The van der Waals surface area contributed by atoms with Gasteiger partial charge in [-0.1, -0.05) is 101 Å². The lowest BCUT2D eigenvalue weighted by Gasteiger charge is -2.26. The third kappa shape index (κ3) is 13.2. The number of aliphatic hydroxyl groups is 1. The number of rotatable bonds is 6. The minimum atomic E-state index is -1.12. The molecule has 8 heteroatoms. The van der Waals surface area contributed by atoms with E-state index in [1.54, 1.807) is 0 Å². The lowest BCUT2D eigenvalue weighted by atomic mass is 9.97. The van der Waals surface area contributed by atoms with E-state index in [2.05, 4.69) is 16.0 Å². The molecular weight excluding hydrogens is 542 g/mol. The van der Waals surface area contributed by atoms with Gasteiger partial charge in [-0.2, -0.15) is 0 Å². The zero-order valence-corrected chi connectivity index (χ0v) is 26.0. The monoisotopic (exact) mass is 593 g/mol. The Balaban J connectivity index is 1.66. The second kappa shape index (κ2) is 19.0. The van der Waals surface area contributed by atoms with Gasteiger partial charge in [-0.05, 0) is 48.4 Å². The third-order valence-electron chi connectivity index (χ3n) is 7.98. The zero-order valence-electron chi connectivity index (χ0n) is 26.0. The Morgan fingerprint density at radius 1 is 0.767 bits per heavy atom. The van der Waals surface area contributed by atoms with Gasteiger partial charge in [-0.15, -0.1) is 0 Å². The smallest absolute Gasteiger partial charge is 0.242 e. The number of carbonyl (C=O) groups excluding carboxylic acids is 3. The summed E-state index contributed by atoms with van der Waals surface area (Å²) in [6.45, 7) is 4.82. The topological polar surface area (TPSA) is 117 Å². The summed E-state index contributed by atoms with van der Waals surface area (Å²) < 4.78 is 5.89. The van der Waals surface area contributed by atoms with Crippen molar-refractivity contribution in [3.63, 3.8) is 0 Å². The van der Waals surface area contributed by atoms with Crippen LogP contribution < -0.4 is 20.7 Å². The van der Waals surface area contributed by atoms with Crippen molar-refractivity contribution in [2.75, 3.05) is 6.54 Å². The van der Waals surface area contributed by atoms with Crippen LogP contribution in [0.5, 0.6) is 5.75 Å². The standard InChI is InChI=1S/C35H51N3O5/c1-26(2)34-35(42)36-22-14-9-7-5-3-4-6-8-13-17-32(40)37-30(31(39)24-33(41)38-34)23-27-18-20-29(21-19-27)43-25-28-15-11-10-12-16-28/h10-12,15-16,18-21,26,30-31,34,39H,3-9,13-14,17,22-25H2,1-2H3,(H,36,42)(H,37,40)(H,38,41)/t30-,31-,34-/m0/s1. The van der Waals surface area contributed by atoms with Gasteiger partial charge in [0.2, 0.25) is 17.7 Å². The summed E-state index contributed by atoms with van der Waals surface area (Å²) >= 11 is 0. The number of hydrogen-bond donors (Lipinski definition) is 4. The van der Waals surface area contributed by atoms with E-state index in [0.29, 0.717) is 26.0 Å². The van der Waals surface area contributed by atoms with E-state index in [9.17, 15) is 19.5 Å². The van der Waals surface area contributed by atoms with Crippen LogP contribution in [0.1, 0.15) is 95.6 Å². The molecule has 236 valence electrons. The molecule has 1 aliphatic rings. The Kier molecular flexibility index (Phi) is 15.1. The van der Waals surface area contributed by atoms with Crippen LogP contribution in [-0.4, -0.2) is 47.6 Å². The molecular formula is C35H51N3O5. The van der Waals surface area contributed by atoms with E-state index in [-0.39, 0.29) is 24.2 Å². The maximum absolute atomic E-state index is 13.0. The number of nitrogens with one attached hydrogen (secondary N) is 3. The molecule has 0 radical (unpaired) electrons. The zero-order chi connectivity index (χ0) is 30.9. The van der Waals surface area contributed by atoms with Gasteiger partial charge in [0.1, 0.15) is 18.4 Å². The normalized spacial score (nSPS) is 22.5. The number of hydrogen-bond acceptors (Lipinski definition) is 5. The number of aliphatic hydroxyl groups excluding tert-OH is 1. The van der Waals surface area contributed by atoms with Crippen LogP contribution in [0, 0.1) is 5.92 Å². The van der Waals surface area contributed by atoms with Crippen LogP contribution in [0.3, 0.4) is 0 Å². The summed E-state index contributed by atoms with van der Waals surface area (Å²) in [6.07, 6.45) is 8.94. The van der Waals surface area contributed by atoms with E-state index in [0.717, 1.165) is 61.8 Å². The van der Waals surface area contributed by atoms with Gasteiger partial charge < -0.3 is 25.8 Å². The number of benzene rings is 2. The minimum absolute atomic E-state index is 0.110. The summed E-state index contributed by atoms with van der Waals surface area (Å²) in [5.74, 6) is -0.140. The van der Waals surface area contributed by atoms with Gasteiger partial charge in [0.15, 0.2) is 0 Å². The highest BCUT2D eigenvalue weighted by atomic mass is 16.5. The van der Waals surface area contributed by atoms with Gasteiger partial charge in [0.05, 0.1) is 18.6 Å². The highest BCUT2D eigenvalue weighted by Crippen LogP contribution is 2.18. The van der Waals surface area contributed by atoms with E-state index in [1.807, 2.05) is 68.4 Å². The second-order valence-corrected chi connectivity index (χ2v) is 12.1. The Bertz CT molecular complexity index is 1110. The van der Waals surface area contributed by atoms with Crippen LogP contribution >= 0.6 is 0 Å². The maximum atomic E-state index is 13.0. The summed E-state index contributed by atoms with van der Waals surface area (Å²) in [6, 6.07) is 16.2. The van der Waals surface area contributed by atoms with Crippen molar-refractivity contribution in [1.82, 2.24) is 16.0 Å². The molecule has 8 nitrogen and oxygen atoms in total. The molecule has 43 heavy (non-hydrogen) atoms. The van der Waals surface area contributed by atoms with Crippen molar-refractivity contribution in [3.05, 3.63) is 65.7 Å². The molecule has 0 bridgehead atoms. The third-order valence-corrected chi connectivity index (χ3v) is 7.98. The van der Waals surface area contributed by atoms with E-state index >= 15 is 0 Å². The van der Waals surface area contributed by atoms with Crippen LogP contribution in [0.4, 0.5) is 0 Å². The van der Waals surface area contributed by atoms with Gasteiger partial charge in [0, 0.05) is 13.0 Å². The number of ether oxygens (including phenoxy) is 1. The summed E-state index contributed by atoms with van der Waals surface area (Å²) in [5, 5.41) is 19.9. The molecule has 2 aromatic carbocycles. The van der Waals surface area contributed by atoms with Gasteiger partial charge >= 0.3 is 0 Å². The molecule has 4 N–H and O–H groups in total. The van der Waals surface area contributed by atoms with Crippen LogP contribution in [0.25, 0.3) is 0 Å². The second-order valence-electron chi connectivity index (χ2n) is 12.1. The fraction of sp³-hybridized carbons (Fsp3) is 0.571. The molecule has 1 saturated heterocycles. The molecule has 3 atom stereocenters. The van der Waals surface area contributed by atoms with Crippen LogP contribution in [0.15, 0.2) is 54.6 Å². The highest BCUT2D eigenvalue weighted by molar-refractivity contribution is 5.88. The molecule has 0 spiro atoms. The van der Waals surface area contributed by atoms with Gasteiger partial charge in [0.25, 0.3) is 0 Å².